The molecular weight excluding hydrogens is 347 g/mol. The largest absolute Gasteiger partial charge is 0.416 e. The number of imidazole rings is 1. The molecule has 0 bridgehead atoms. The van der Waals surface area contributed by atoms with Gasteiger partial charge in [-0.15, -0.1) is 0 Å². The standard InChI is InChI=1S/C18H20F3N3O2/c19-18(20,21)12-3-4-15-14(10-12)22-11-24(15)13-5-7-23(8-6-13)17(25)16-2-1-9-26-16/h3-4,10-11,13,16H,1-2,5-9H2. The molecule has 26 heavy (non-hydrogen) atoms. The second-order valence-corrected chi connectivity index (χ2v) is 6.91. The van der Waals surface area contributed by atoms with Crippen molar-refractivity contribution in [3.05, 3.63) is 30.1 Å². The Hall–Kier alpha value is -2.09. The van der Waals surface area contributed by atoms with Crippen LogP contribution in [-0.2, 0) is 15.7 Å². The van der Waals surface area contributed by atoms with Gasteiger partial charge in [0.1, 0.15) is 6.10 Å². The number of hydrogen-bond donors (Lipinski definition) is 0. The van der Waals surface area contributed by atoms with Crippen LogP contribution >= 0.6 is 0 Å². The quantitative estimate of drug-likeness (QED) is 0.817. The van der Waals surface area contributed by atoms with Gasteiger partial charge in [0.25, 0.3) is 5.91 Å². The van der Waals surface area contributed by atoms with Crippen molar-refractivity contribution < 1.29 is 22.7 Å². The van der Waals surface area contributed by atoms with Gasteiger partial charge >= 0.3 is 6.18 Å². The Morgan fingerprint density at radius 1 is 1.19 bits per heavy atom. The zero-order chi connectivity index (χ0) is 18.3. The molecule has 1 aromatic carbocycles. The highest BCUT2D eigenvalue weighted by Crippen LogP contribution is 2.33. The van der Waals surface area contributed by atoms with Gasteiger partial charge in [-0.3, -0.25) is 4.79 Å². The first-order chi connectivity index (χ1) is 12.4. The van der Waals surface area contributed by atoms with E-state index in [2.05, 4.69) is 4.98 Å². The molecule has 8 heteroatoms. The van der Waals surface area contributed by atoms with Gasteiger partial charge in [0, 0.05) is 25.7 Å². The molecule has 1 unspecified atom stereocenters. The SMILES string of the molecule is O=C(C1CCCO1)N1CCC(n2cnc3cc(C(F)(F)F)ccc32)CC1. The number of carbonyl (C=O) groups excluding carboxylic acids is 1. The van der Waals surface area contributed by atoms with Gasteiger partial charge in [-0.25, -0.2) is 4.98 Å². The molecule has 4 rings (SSSR count). The van der Waals surface area contributed by atoms with Gasteiger partial charge in [0.15, 0.2) is 0 Å². The molecule has 0 spiro atoms. The number of nitrogens with zero attached hydrogens (tertiary/aromatic N) is 3. The number of piperidine rings is 1. The predicted molar refractivity (Wildman–Crippen MR) is 88.6 cm³/mol. The molecule has 0 aliphatic carbocycles. The molecule has 1 amide bonds. The molecule has 140 valence electrons. The van der Waals surface area contributed by atoms with E-state index in [-0.39, 0.29) is 18.1 Å². The highest BCUT2D eigenvalue weighted by molar-refractivity contribution is 5.81. The summed E-state index contributed by atoms with van der Waals surface area (Å²) in [6.45, 7) is 1.90. The van der Waals surface area contributed by atoms with Crippen molar-refractivity contribution in [2.75, 3.05) is 19.7 Å². The molecule has 3 heterocycles. The maximum Gasteiger partial charge on any atom is 0.416 e. The minimum absolute atomic E-state index is 0.0614. The van der Waals surface area contributed by atoms with Crippen LogP contribution in [0, 0.1) is 0 Å². The third-order valence-corrected chi connectivity index (χ3v) is 5.28. The van der Waals surface area contributed by atoms with Crippen molar-refractivity contribution in [2.24, 2.45) is 0 Å². The van der Waals surface area contributed by atoms with E-state index >= 15 is 0 Å². The van der Waals surface area contributed by atoms with E-state index in [0.717, 1.165) is 37.8 Å². The summed E-state index contributed by atoms with van der Waals surface area (Å²) in [5.41, 5.74) is 0.354. The smallest absolute Gasteiger partial charge is 0.368 e. The van der Waals surface area contributed by atoms with Crippen LogP contribution in [0.25, 0.3) is 11.0 Å². The van der Waals surface area contributed by atoms with Crippen molar-refractivity contribution in [3.8, 4) is 0 Å². The van der Waals surface area contributed by atoms with Crippen molar-refractivity contribution in [3.63, 3.8) is 0 Å². The molecule has 2 aliphatic rings. The zero-order valence-electron chi connectivity index (χ0n) is 14.2. The van der Waals surface area contributed by atoms with E-state index < -0.39 is 11.7 Å². The van der Waals surface area contributed by atoms with Gasteiger partial charge in [-0.1, -0.05) is 0 Å². The lowest BCUT2D eigenvalue weighted by Gasteiger charge is -2.34. The first-order valence-electron chi connectivity index (χ1n) is 8.87. The Morgan fingerprint density at radius 3 is 2.62 bits per heavy atom. The Kier molecular flexibility index (Phi) is 4.38. The minimum Gasteiger partial charge on any atom is -0.368 e. The highest BCUT2D eigenvalue weighted by atomic mass is 19.4. The molecule has 5 nitrogen and oxygen atoms in total. The molecule has 1 atom stereocenters. The van der Waals surface area contributed by atoms with Crippen LogP contribution in [0.4, 0.5) is 13.2 Å². The Labute approximate surface area is 148 Å². The monoisotopic (exact) mass is 367 g/mol. The van der Waals surface area contributed by atoms with Crippen LogP contribution in [0.3, 0.4) is 0 Å². The fraction of sp³-hybridized carbons (Fsp3) is 0.556. The van der Waals surface area contributed by atoms with E-state index in [4.69, 9.17) is 4.74 Å². The number of carbonyl (C=O) groups is 1. The third kappa shape index (κ3) is 3.18. The second-order valence-electron chi connectivity index (χ2n) is 6.91. The lowest BCUT2D eigenvalue weighted by atomic mass is 10.0. The first kappa shape index (κ1) is 17.3. The van der Waals surface area contributed by atoms with Crippen LogP contribution in [0.5, 0.6) is 0 Å². The average Bonchev–Trinajstić information content (AvgIpc) is 3.30. The number of hydrogen-bond acceptors (Lipinski definition) is 3. The summed E-state index contributed by atoms with van der Waals surface area (Å²) in [5.74, 6) is 0.0614. The van der Waals surface area contributed by atoms with E-state index in [1.165, 1.54) is 6.07 Å². The Bertz CT molecular complexity index is 804. The summed E-state index contributed by atoms with van der Waals surface area (Å²) in [6.07, 6.45) is 0.149. The van der Waals surface area contributed by atoms with Gasteiger partial charge in [0.05, 0.1) is 22.9 Å². The van der Waals surface area contributed by atoms with Crippen LogP contribution < -0.4 is 0 Å². The number of aromatic nitrogens is 2. The molecular formula is C18H20F3N3O2. The molecule has 2 fully saturated rings. The lowest BCUT2D eigenvalue weighted by molar-refractivity contribution is -0.142. The van der Waals surface area contributed by atoms with Gasteiger partial charge < -0.3 is 14.2 Å². The molecule has 1 aromatic heterocycles. The van der Waals surface area contributed by atoms with Crippen LogP contribution in [0.1, 0.15) is 37.3 Å². The van der Waals surface area contributed by atoms with E-state index in [1.54, 1.807) is 6.33 Å². The summed E-state index contributed by atoms with van der Waals surface area (Å²) >= 11 is 0. The maximum atomic E-state index is 12.8. The minimum atomic E-state index is -4.37. The summed E-state index contributed by atoms with van der Waals surface area (Å²) in [7, 11) is 0. The number of benzene rings is 1. The number of halogens is 3. The maximum absolute atomic E-state index is 12.8. The molecule has 2 aliphatic heterocycles. The molecule has 0 radical (unpaired) electrons. The number of amides is 1. The van der Waals surface area contributed by atoms with Crippen LogP contribution in [0.2, 0.25) is 0 Å². The summed E-state index contributed by atoms with van der Waals surface area (Å²) in [5, 5.41) is 0. The molecule has 0 N–H and O–H groups in total. The highest BCUT2D eigenvalue weighted by Gasteiger charge is 2.33. The van der Waals surface area contributed by atoms with Crippen molar-refractivity contribution in [1.29, 1.82) is 0 Å². The number of rotatable bonds is 2. The van der Waals surface area contributed by atoms with Crippen molar-refractivity contribution in [2.45, 2.75) is 44.0 Å². The number of ether oxygens (including phenoxy) is 1. The van der Waals surface area contributed by atoms with Gasteiger partial charge in [-0.2, -0.15) is 13.2 Å². The zero-order valence-corrected chi connectivity index (χ0v) is 14.2. The second kappa shape index (κ2) is 6.57. The molecule has 2 saturated heterocycles. The summed E-state index contributed by atoms with van der Waals surface area (Å²) in [6, 6.07) is 3.79. The predicted octanol–water partition coefficient (Wildman–Crippen LogP) is 3.40. The van der Waals surface area contributed by atoms with E-state index in [0.29, 0.717) is 30.7 Å². The van der Waals surface area contributed by atoms with E-state index in [9.17, 15) is 18.0 Å². The van der Waals surface area contributed by atoms with Gasteiger partial charge in [-0.05, 0) is 43.9 Å². The lowest BCUT2D eigenvalue weighted by Crippen LogP contribution is -2.44. The fourth-order valence-corrected chi connectivity index (χ4v) is 3.84. The topological polar surface area (TPSA) is 47.4 Å². The van der Waals surface area contributed by atoms with Crippen LogP contribution in [0.15, 0.2) is 24.5 Å². The van der Waals surface area contributed by atoms with Crippen molar-refractivity contribution >= 4 is 16.9 Å². The Balaban J connectivity index is 1.47. The fourth-order valence-electron chi connectivity index (χ4n) is 3.84. The number of alkyl halides is 3. The normalized spacial score (nSPS) is 22.3. The summed E-state index contributed by atoms with van der Waals surface area (Å²) in [4.78, 5) is 18.4. The summed E-state index contributed by atoms with van der Waals surface area (Å²) < 4.78 is 45.9. The van der Waals surface area contributed by atoms with E-state index in [1.807, 2.05) is 9.47 Å². The number of likely N-dealkylation sites (tertiary alicyclic amines) is 1. The van der Waals surface area contributed by atoms with Crippen LogP contribution in [-0.4, -0.2) is 46.2 Å². The third-order valence-electron chi connectivity index (χ3n) is 5.28. The van der Waals surface area contributed by atoms with Crippen molar-refractivity contribution in [1.82, 2.24) is 14.5 Å². The molecule has 2 aromatic rings. The first-order valence-corrected chi connectivity index (χ1v) is 8.87. The average molecular weight is 367 g/mol. The Morgan fingerprint density at radius 2 is 1.96 bits per heavy atom. The van der Waals surface area contributed by atoms with Gasteiger partial charge in [0.2, 0.25) is 0 Å². The number of fused-ring (bicyclic) bond motifs is 1. The molecule has 0 saturated carbocycles.